The van der Waals surface area contributed by atoms with E-state index in [0.29, 0.717) is 6.04 Å². The van der Waals surface area contributed by atoms with Crippen LogP contribution in [0.25, 0.3) is 0 Å². The van der Waals surface area contributed by atoms with Crippen LogP contribution in [0, 0.1) is 0 Å². The Morgan fingerprint density at radius 1 is 1.35 bits per heavy atom. The molecule has 0 aromatic heterocycles. The van der Waals surface area contributed by atoms with Gasteiger partial charge in [0.1, 0.15) is 5.75 Å². The van der Waals surface area contributed by atoms with E-state index in [0.717, 1.165) is 25.3 Å². The van der Waals surface area contributed by atoms with Crippen LogP contribution >= 0.6 is 0 Å². The Bertz CT molecular complexity index is 616. The Hall–Kier alpha value is -1.54. The van der Waals surface area contributed by atoms with E-state index < -0.39 is 0 Å². The Kier molecular flexibility index (Phi) is 2.58. The smallest absolute Gasteiger partial charge is 0.122 e. The fourth-order valence-corrected chi connectivity index (χ4v) is 3.95. The highest BCUT2D eigenvalue weighted by Gasteiger charge is 2.45. The normalized spacial score (nSPS) is 31.7. The number of allylic oxidation sites excluding steroid dienone is 2. The molecule has 1 saturated heterocycles. The molecule has 2 heteroatoms. The molecule has 0 radical (unpaired) electrons. The fourth-order valence-electron chi connectivity index (χ4n) is 3.95. The lowest BCUT2D eigenvalue weighted by Crippen LogP contribution is -2.39. The molecule has 0 bridgehead atoms. The monoisotopic (exact) mass is 267 g/mol. The van der Waals surface area contributed by atoms with E-state index in [9.17, 15) is 0 Å². The van der Waals surface area contributed by atoms with Crippen LogP contribution < -0.4 is 4.74 Å². The molecular weight excluding hydrogens is 246 g/mol. The molecule has 2 aliphatic heterocycles. The Morgan fingerprint density at radius 3 is 3.15 bits per heavy atom. The van der Waals surface area contributed by atoms with Crippen molar-refractivity contribution in [3.63, 3.8) is 0 Å². The first-order valence-corrected chi connectivity index (χ1v) is 7.53. The number of benzene rings is 1. The molecule has 1 aromatic carbocycles. The second kappa shape index (κ2) is 4.23. The summed E-state index contributed by atoms with van der Waals surface area (Å²) in [6.07, 6.45) is 9.37. The minimum absolute atomic E-state index is 0.134. The number of ether oxygens (including phenoxy) is 1. The average molecular weight is 267 g/mol. The Morgan fingerprint density at radius 2 is 2.25 bits per heavy atom. The van der Waals surface area contributed by atoms with Crippen molar-refractivity contribution >= 4 is 0 Å². The maximum Gasteiger partial charge on any atom is 0.122 e. The van der Waals surface area contributed by atoms with E-state index in [1.165, 1.54) is 23.1 Å². The average Bonchev–Trinajstić information content (AvgIpc) is 3.04. The van der Waals surface area contributed by atoms with Crippen LogP contribution in [0.3, 0.4) is 0 Å². The zero-order valence-corrected chi connectivity index (χ0v) is 12.2. The third kappa shape index (κ3) is 1.61. The topological polar surface area (TPSA) is 12.5 Å². The highest BCUT2D eigenvalue weighted by atomic mass is 16.5. The molecule has 0 spiro atoms. The zero-order chi connectivity index (χ0) is 13.7. The van der Waals surface area contributed by atoms with Crippen molar-refractivity contribution in [2.75, 3.05) is 20.2 Å². The van der Waals surface area contributed by atoms with E-state index >= 15 is 0 Å². The van der Waals surface area contributed by atoms with E-state index in [1.807, 2.05) is 0 Å². The van der Waals surface area contributed by atoms with Gasteiger partial charge in [-0.2, -0.15) is 0 Å². The van der Waals surface area contributed by atoms with Gasteiger partial charge in [-0.3, -0.25) is 4.90 Å². The van der Waals surface area contributed by atoms with Crippen molar-refractivity contribution < 1.29 is 4.74 Å². The van der Waals surface area contributed by atoms with E-state index in [1.54, 1.807) is 0 Å². The summed E-state index contributed by atoms with van der Waals surface area (Å²) in [4.78, 5) is 2.47. The number of nitrogens with zero attached hydrogens (tertiary/aromatic N) is 1. The molecule has 2 nitrogen and oxygen atoms in total. The summed E-state index contributed by atoms with van der Waals surface area (Å²) >= 11 is 0. The second-order valence-corrected chi connectivity index (χ2v) is 6.38. The molecule has 1 aromatic rings. The SMILES string of the molecule is CC1=C[C@@H]2N(C)CC[C@]2(c2ccc3c(c2)OCC3)C=C1. The molecule has 20 heavy (non-hydrogen) atoms. The summed E-state index contributed by atoms with van der Waals surface area (Å²) in [6, 6.07) is 7.35. The van der Waals surface area contributed by atoms with Crippen molar-refractivity contribution in [1.29, 1.82) is 0 Å². The first-order valence-electron chi connectivity index (χ1n) is 7.53. The Balaban J connectivity index is 1.82. The van der Waals surface area contributed by atoms with Gasteiger partial charge >= 0.3 is 0 Å². The van der Waals surface area contributed by atoms with Crippen LogP contribution in [-0.4, -0.2) is 31.1 Å². The molecule has 1 aliphatic carbocycles. The lowest BCUT2D eigenvalue weighted by molar-refractivity contribution is 0.316. The second-order valence-electron chi connectivity index (χ2n) is 6.38. The maximum atomic E-state index is 5.77. The van der Waals surface area contributed by atoms with Crippen molar-refractivity contribution in [3.05, 3.63) is 53.1 Å². The van der Waals surface area contributed by atoms with Crippen LogP contribution in [0.4, 0.5) is 0 Å². The minimum atomic E-state index is 0.134. The molecule has 2 atom stereocenters. The van der Waals surface area contributed by atoms with Gasteiger partial charge in [0.05, 0.1) is 6.61 Å². The van der Waals surface area contributed by atoms with Crippen LogP contribution in [-0.2, 0) is 11.8 Å². The molecule has 2 heterocycles. The van der Waals surface area contributed by atoms with Crippen molar-refractivity contribution in [3.8, 4) is 5.75 Å². The number of likely N-dealkylation sites (tertiary alicyclic amines) is 1. The summed E-state index contributed by atoms with van der Waals surface area (Å²) in [5.74, 6) is 1.10. The van der Waals surface area contributed by atoms with Crippen LogP contribution in [0.1, 0.15) is 24.5 Å². The first-order chi connectivity index (χ1) is 9.69. The largest absolute Gasteiger partial charge is 0.493 e. The molecule has 1 fully saturated rings. The maximum absolute atomic E-state index is 5.77. The van der Waals surface area contributed by atoms with Gasteiger partial charge in [0.15, 0.2) is 0 Å². The van der Waals surface area contributed by atoms with Gasteiger partial charge in [-0.1, -0.05) is 35.9 Å². The highest BCUT2D eigenvalue weighted by Crippen LogP contribution is 2.45. The van der Waals surface area contributed by atoms with Gasteiger partial charge in [0, 0.05) is 17.9 Å². The summed E-state index contributed by atoms with van der Waals surface area (Å²) < 4.78 is 5.77. The van der Waals surface area contributed by atoms with E-state index in [-0.39, 0.29) is 5.41 Å². The number of hydrogen-bond acceptors (Lipinski definition) is 2. The molecule has 4 rings (SSSR count). The molecular formula is C18H21NO. The van der Waals surface area contributed by atoms with Gasteiger partial charge in [0.25, 0.3) is 0 Å². The molecule has 0 amide bonds. The summed E-state index contributed by atoms with van der Waals surface area (Å²) in [7, 11) is 2.24. The van der Waals surface area contributed by atoms with Gasteiger partial charge in [-0.05, 0) is 44.1 Å². The number of rotatable bonds is 1. The first kappa shape index (κ1) is 12.2. The van der Waals surface area contributed by atoms with Crippen molar-refractivity contribution in [2.45, 2.75) is 31.2 Å². The fraction of sp³-hybridized carbons (Fsp3) is 0.444. The lowest BCUT2D eigenvalue weighted by atomic mass is 9.71. The minimum Gasteiger partial charge on any atom is -0.493 e. The quantitative estimate of drug-likeness (QED) is 0.775. The van der Waals surface area contributed by atoms with Gasteiger partial charge in [0.2, 0.25) is 0 Å². The summed E-state index contributed by atoms with van der Waals surface area (Å²) in [5, 5.41) is 0. The standard InChI is InChI=1S/C18H21NO/c1-13-5-7-18(8-9-19(2)17(18)11-13)15-4-3-14-6-10-20-16(14)12-15/h3-5,7,11-12,17H,6,8-10H2,1-2H3/t17-,18-/m0/s1. The van der Waals surface area contributed by atoms with Crippen LogP contribution in [0.5, 0.6) is 5.75 Å². The Labute approximate surface area is 120 Å². The van der Waals surface area contributed by atoms with Gasteiger partial charge in [-0.15, -0.1) is 0 Å². The predicted octanol–water partition coefficient (Wildman–Crippen LogP) is 3.08. The third-order valence-electron chi connectivity index (χ3n) is 5.18. The summed E-state index contributed by atoms with van der Waals surface area (Å²) in [5.41, 5.74) is 4.28. The van der Waals surface area contributed by atoms with Crippen molar-refractivity contribution in [1.82, 2.24) is 4.90 Å². The number of hydrogen-bond donors (Lipinski definition) is 0. The molecule has 0 saturated carbocycles. The molecule has 0 N–H and O–H groups in total. The van der Waals surface area contributed by atoms with Gasteiger partial charge < -0.3 is 4.74 Å². The molecule has 0 unspecified atom stereocenters. The number of fused-ring (bicyclic) bond motifs is 2. The predicted molar refractivity (Wildman–Crippen MR) is 81.3 cm³/mol. The van der Waals surface area contributed by atoms with E-state index in [2.05, 4.69) is 55.3 Å². The zero-order valence-electron chi connectivity index (χ0n) is 12.2. The molecule has 3 aliphatic rings. The number of likely N-dealkylation sites (N-methyl/N-ethyl adjacent to an activating group) is 1. The lowest BCUT2D eigenvalue weighted by Gasteiger charge is -2.36. The van der Waals surface area contributed by atoms with Crippen LogP contribution in [0.15, 0.2) is 42.0 Å². The van der Waals surface area contributed by atoms with E-state index in [4.69, 9.17) is 4.74 Å². The van der Waals surface area contributed by atoms with Gasteiger partial charge in [-0.25, -0.2) is 0 Å². The molecule has 104 valence electrons. The van der Waals surface area contributed by atoms with Crippen molar-refractivity contribution in [2.24, 2.45) is 0 Å². The van der Waals surface area contributed by atoms with Crippen LogP contribution in [0.2, 0.25) is 0 Å². The summed E-state index contributed by atoms with van der Waals surface area (Å²) in [6.45, 7) is 4.18. The third-order valence-corrected chi connectivity index (χ3v) is 5.18. The highest BCUT2D eigenvalue weighted by molar-refractivity contribution is 5.49.